The highest BCUT2D eigenvalue weighted by Crippen LogP contribution is 2.50. The van der Waals surface area contributed by atoms with Gasteiger partial charge in [0.2, 0.25) is 5.91 Å². The topological polar surface area (TPSA) is 40.5 Å². The molecule has 2 atom stereocenters. The van der Waals surface area contributed by atoms with Crippen molar-refractivity contribution in [3.63, 3.8) is 0 Å². The largest absolute Gasteiger partial charge is 0.391 e. The molecular weight excluding hydrogens is 214 g/mol. The highest BCUT2D eigenvalue weighted by Gasteiger charge is 2.47. The molecule has 1 aliphatic heterocycles. The Morgan fingerprint density at radius 2 is 1.76 bits per heavy atom. The zero-order chi connectivity index (χ0) is 12.0. The predicted octanol–water partition coefficient (Wildman–Crippen LogP) is 1.65. The number of hydrogen-bond donors (Lipinski definition) is 1. The van der Waals surface area contributed by atoms with Crippen LogP contribution in [0.3, 0.4) is 0 Å². The van der Waals surface area contributed by atoms with Gasteiger partial charge in [0, 0.05) is 19.0 Å². The predicted molar refractivity (Wildman–Crippen MR) is 65.3 cm³/mol. The molecule has 3 aliphatic rings. The fourth-order valence-electron chi connectivity index (χ4n) is 3.16. The van der Waals surface area contributed by atoms with Crippen LogP contribution in [0.5, 0.6) is 0 Å². The maximum absolute atomic E-state index is 12.5. The van der Waals surface area contributed by atoms with Crippen molar-refractivity contribution >= 4 is 5.91 Å². The Labute approximate surface area is 103 Å². The maximum atomic E-state index is 12.5. The Hall–Kier alpha value is -0.570. The summed E-state index contributed by atoms with van der Waals surface area (Å²) in [6.07, 6.45) is 5.64. The minimum Gasteiger partial charge on any atom is -0.391 e. The van der Waals surface area contributed by atoms with Gasteiger partial charge >= 0.3 is 0 Å². The van der Waals surface area contributed by atoms with Crippen molar-refractivity contribution in [3.8, 4) is 0 Å². The fraction of sp³-hybridized carbons (Fsp3) is 0.929. The van der Waals surface area contributed by atoms with Crippen molar-refractivity contribution in [2.75, 3.05) is 13.1 Å². The quantitative estimate of drug-likeness (QED) is 0.811. The first-order chi connectivity index (χ1) is 8.16. The van der Waals surface area contributed by atoms with Crippen molar-refractivity contribution in [3.05, 3.63) is 0 Å². The molecular formula is C14H23NO2. The Kier molecular flexibility index (Phi) is 2.89. The zero-order valence-electron chi connectivity index (χ0n) is 10.6. The molecule has 1 heterocycles. The molecule has 0 bridgehead atoms. The number of carbonyl (C=O) groups excluding carboxylic acids is 1. The van der Waals surface area contributed by atoms with E-state index in [4.69, 9.17) is 0 Å². The average Bonchev–Trinajstić information content (AvgIpc) is 3.14. The van der Waals surface area contributed by atoms with E-state index < -0.39 is 0 Å². The van der Waals surface area contributed by atoms with Gasteiger partial charge in [-0.15, -0.1) is 0 Å². The molecule has 17 heavy (non-hydrogen) atoms. The molecule has 2 unspecified atom stereocenters. The van der Waals surface area contributed by atoms with Crippen LogP contribution in [0.15, 0.2) is 0 Å². The molecule has 0 spiro atoms. The summed E-state index contributed by atoms with van der Waals surface area (Å²) in [5.74, 6) is 2.34. The fourth-order valence-corrected chi connectivity index (χ4v) is 3.16. The summed E-state index contributed by atoms with van der Waals surface area (Å²) in [4.78, 5) is 14.5. The first-order valence-corrected chi connectivity index (χ1v) is 7.13. The van der Waals surface area contributed by atoms with Crippen LogP contribution in [-0.2, 0) is 4.79 Å². The van der Waals surface area contributed by atoms with Crippen LogP contribution in [0, 0.1) is 23.7 Å². The molecule has 3 fully saturated rings. The number of aliphatic hydroxyl groups excluding tert-OH is 1. The Balaban J connectivity index is 1.64. The molecule has 0 radical (unpaired) electrons. The molecule has 0 aromatic heterocycles. The number of likely N-dealkylation sites (tertiary alicyclic amines) is 1. The Bertz CT molecular complexity index is 297. The summed E-state index contributed by atoms with van der Waals surface area (Å²) >= 11 is 0. The van der Waals surface area contributed by atoms with E-state index in [0.717, 1.165) is 13.0 Å². The summed E-state index contributed by atoms with van der Waals surface area (Å²) in [6, 6.07) is 0. The Morgan fingerprint density at radius 1 is 1.18 bits per heavy atom. The summed E-state index contributed by atoms with van der Waals surface area (Å²) in [7, 11) is 0. The van der Waals surface area contributed by atoms with Crippen LogP contribution in [0.2, 0.25) is 0 Å². The molecule has 3 heteroatoms. The number of hydrogen-bond acceptors (Lipinski definition) is 2. The third-order valence-electron chi connectivity index (χ3n) is 4.78. The summed E-state index contributed by atoms with van der Waals surface area (Å²) < 4.78 is 0. The smallest absolute Gasteiger partial charge is 0.226 e. The molecule has 3 nitrogen and oxygen atoms in total. The molecule has 1 N–H and O–H groups in total. The van der Waals surface area contributed by atoms with Gasteiger partial charge in [-0.3, -0.25) is 4.79 Å². The lowest BCUT2D eigenvalue weighted by molar-refractivity contribution is -0.141. The summed E-state index contributed by atoms with van der Waals surface area (Å²) in [5.41, 5.74) is 0. The van der Waals surface area contributed by atoms with E-state index >= 15 is 0 Å². The van der Waals surface area contributed by atoms with Crippen LogP contribution in [-0.4, -0.2) is 35.1 Å². The van der Waals surface area contributed by atoms with Gasteiger partial charge in [0.05, 0.1) is 6.10 Å². The SMILES string of the molecule is CC1CCN(C(=O)C(C2CC2)C2CC2)CC1O. The molecule has 1 amide bonds. The lowest BCUT2D eigenvalue weighted by Crippen LogP contribution is -2.48. The van der Waals surface area contributed by atoms with Gasteiger partial charge in [0.1, 0.15) is 0 Å². The van der Waals surface area contributed by atoms with E-state index in [2.05, 4.69) is 6.92 Å². The van der Waals surface area contributed by atoms with Crippen LogP contribution in [0.1, 0.15) is 39.0 Å². The number of β-amino-alcohol motifs (C(OH)–C–C–N with tert-alkyl or cyclic N) is 1. The van der Waals surface area contributed by atoms with Gasteiger partial charge in [0.25, 0.3) is 0 Å². The minimum atomic E-state index is -0.313. The zero-order valence-corrected chi connectivity index (χ0v) is 10.6. The molecule has 2 aliphatic carbocycles. The third kappa shape index (κ3) is 2.35. The van der Waals surface area contributed by atoms with E-state index in [9.17, 15) is 9.90 Å². The van der Waals surface area contributed by atoms with E-state index in [-0.39, 0.29) is 6.10 Å². The van der Waals surface area contributed by atoms with Crippen molar-refractivity contribution < 1.29 is 9.90 Å². The summed E-state index contributed by atoms with van der Waals surface area (Å²) in [6.45, 7) is 3.49. The molecule has 96 valence electrons. The van der Waals surface area contributed by atoms with Gasteiger partial charge < -0.3 is 10.0 Å². The number of piperidine rings is 1. The van der Waals surface area contributed by atoms with E-state index in [0.29, 0.717) is 36.1 Å². The van der Waals surface area contributed by atoms with Crippen molar-refractivity contribution in [2.24, 2.45) is 23.7 Å². The maximum Gasteiger partial charge on any atom is 0.226 e. The molecule has 2 saturated carbocycles. The first-order valence-electron chi connectivity index (χ1n) is 7.13. The average molecular weight is 237 g/mol. The normalized spacial score (nSPS) is 34.2. The second-order valence-electron chi connectivity index (χ2n) is 6.32. The minimum absolute atomic E-state index is 0.301. The number of aliphatic hydroxyl groups is 1. The van der Waals surface area contributed by atoms with Gasteiger partial charge in [-0.1, -0.05) is 6.92 Å². The molecule has 0 aromatic rings. The highest BCUT2D eigenvalue weighted by atomic mass is 16.3. The third-order valence-corrected chi connectivity index (χ3v) is 4.78. The van der Waals surface area contributed by atoms with E-state index in [1.165, 1.54) is 25.7 Å². The lowest BCUT2D eigenvalue weighted by atomic mass is 9.92. The van der Waals surface area contributed by atoms with E-state index in [1.54, 1.807) is 0 Å². The molecule has 3 rings (SSSR count). The second kappa shape index (κ2) is 4.27. The molecule has 0 aromatic carbocycles. The number of amides is 1. The van der Waals surface area contributed by atoms with Crippen LogP contribution in [0.25, 0.3) is 0 Å². The standard InChI is InChI=1S/C14H23NO2/c1-9-6-7-15(8-12(9)16)14(17)13(10-2-3-10)11-4-5-11/h9-13,16H,2-8H2,1H3. The van der Waals surface area contributed by atoms with Gasteiger partial charge in [0.15, 0.2) is 0 Å². The lowest BCUT2D eigenvalue weighted by Gasteiger charge is -2.36. The van der Waals surface area contributed by atoms with Crippen LogP contribution in [0.4, 0.5) is 0 Å². The van der Waals surface area contributed by atoms with Crippen LogP contribution >= 0.6 is 0 Å². The second-order valence-corrected chi connectivity index (χ2v) is 6.32. The van der Waals surface area contributed by atoms with Crippen molar-refractivity contribution in [1.82, 2.24) is 4.90 Å². The van der Waals surface area contributed by atoms with Crippen molar-refractivity contribution in [2.45, 2.75) is 45.1 Å². The number of carbonyl (C=O) groups is 1. The van der Waals surface area contributed by atoms with Crippen LogP contribution < -0.4 is 0 Å². The summed E-state index contributed by atoms with van der Waals surface area (Å²) in [5, 5.41) is 9.89. The van der Waals surface area contributed by atoms with Gasteiger partial charge in [-0.2, -0.15) is 0 Å². The first kappa shape index (κ1) is 11.5. The number of nitrogens with zero attached hydrogens (tertiary/aromatic N) is 1. The van der Waals surface area contributed by atoms with Crippen molar-refractivity contribution in [1.29, 1.82) is 0 Å². The number of rotatable bonds is 3. The monoisotopic (exact) mass is 237 g/mol. The van der Waals surface area contributed by atoms with Gasteiger partial charge in [-0.05, 0) is 49.9 Å². The molecule has 1 saturated heterocycles. The Morgan fingerprint density at radius 3 is 2.24 bits per heavy atom. The van der Waals surface area contributed by atoms with E-state index in [1.807, 2.05) is 4.90 Å². The van der Waals surface area contributed by atoms with Gasteiger partial charge in [-0.25, -0.2) is 0 Å². The highest BCUT2D eigenvalue weighted by molar-refractivity contribution is 5.80.